The molecule has 1 fully saturated rings. The van der Waals surface area contributed by atoms with Crippen LogP contribution in [0.2, 0.25) is 0 Å². The highest BCUT2D eigenvalue weighted by atomic mass is 16.6. The average Bonchev–Trinajstić information content (AvgIpc) is 2.60. The molecule has 0 aliphatic carbocycles. The van der Waals surface area contributed by atoms with Crippen molar-refractivity contribution in [2.75, 3.05) is 19.8 Å². The van der Waals surface area contributed by atoms with Crippen LogP contribution < -0.4 is 5.32 Å². The van der Waals surface area contributed by atoms with E-state index in [1.54, 1.807) is 0 Å². The Morgan fingerprint density at radius 2 is 1.77 bits per heavy atom. The first-order valence-corrected chi connectivity index (χ1v) is 8.70. The summed E-state index contributed by atoms with van der Waals surface area (Å²) in [4.78, 5) is 21.9. The van der Waals surface area contributed by atoms with Gasteiger partial charge in [0, 0.05) is 19.6 Å². The van der Waals surface area contributed by atoms with Gasteiger partial charge in [0.1, 0.15) is 24.4 Å². The quantitative estimate of drug-likeness (QED) is 0.210. The molecule has 0 aromatic carbocycles. The van der Waals surface area contributed by atoms with E-state index in [9.17, 15) is 24.9 Å². The van der Waals surface area contributed by atoms with Crippen LogP contribution in [0, 0.1) is 0 Å². The van der Waals surface area contributed by atoms with E-state index < -0.39 is 42.5 Å². The molecule has 1 rings (SSSR count). The Labute approximate surface area is 152 Å². The minimum Gasteiger partial charge on any atom is -0.463 e. The lowest BCUT2D eigenvalue weighted by Gasteiger charge is -2.40. The molecule has 0 bridgehead atoms. The summed E-state index contributed by atoms with van der Waals surface area (Å²) in [5, 5.41) is 32.2. The summed E-state index contributed by atoms with van der Waals surface area (Å²) >= 11 is 0. The molecule has 9 heteroatoms. The van der Waals surface area contributed by atoms with Crippen LogP contribution >= 0.6 is 0 Å². The van der Waals surface area contributed by atoms with Crippen LogP contribution in [-0.4, -0.2) is 77.7 Å². The second kappa shape index (κ2) is 12.0. The highest BCUT2D eigenvalue weighted by Gasteiger charge is 2.44. The molecule has 1 heterocycles. The van der Waals surface area contributed by atoms with Crippen LogP contribution in [0.25, 0.3) is 0 Å². The molecule has 26 heavy (non-hydrogen) atoms. The van der Waals surface area contributed by atoms with Gasteiger partial charge in [-0.25, -0.2) is 4.79 Å². The predicted octanol–water partition coefficient (Wildman–Crippen LogP) is -0.764. The van der Waals surface area contributed by atoms with E-state index in [4.69, 9.17) is 14.2 Å². The molecular weight excluding hydrogens is 346 g/mol. The molecule has 1 saturated heterocycles. The van der Waals surface area contributed by atoms with Gasteiger partial charge in [0.05, 0.1) is 13.2 Å². The summed E-state index contributed by atoms with van der Waals surface area (Å²) in [6, 6.07) is -1.09. The molecule has 0 spiro atoms. The number of aliphatic hydroxyl groups is 3. The minimum absolute atomic E-state index is 0.0129. The molecule has 1 amide bonds. The molecule has 5 atom stereocenters. The maximum absolute atomic E-state index is 11.1. The maximum Gasteiger partial charge on any atom is 0.330 e. The number of rotatable bonds is 11. The first-order chi connectivity index (χ1) is 12.4. The molecule has 0 radical (unpaired) electrons. The van der Waals surface area contributed by atoms with Gasteiger partial charge < -0.3 is 34.8 Å². The van der Waals surface area contributed by atoms with E-state index in [1.165, 1.54) is 6.92 Å². The number of hydrogen-bond donors (Lipinski definition) is 4. The SMILES string of the molecule is C=CC(=O)OCCCCCCOC[C@H]1O[C@@H](O)[C@H](NC(C)=O)[C@@H](O)[C@@H]1O. The Hall–Kier alpha value is -1.52. The number of aliphatic hydroxyl groups excluding tert-OH is 3. The summed E-state index contributed by atoms with van der Waals surface area (Å²) in [5.74, 6) is -0.873. The van der Waals surface area contributed by atoms with Gasteiger partial charge in [-0.1, -0.05) is 13.0 Å². The lowest BCUT2D eigenvalue weighted by molar-refractivity contribution is -0.256. The fourth-order valence-electron chi connectivity index (χ4n) is 2.57. The normalized spacial score (nSPS) is 28.4. The molecule has 0 aromatic rings. The second-order valence-electron chi connectivity index (χ2n) is 6.13. The van der Waals surface area contributed by atoms with E-state index in [0.717, 1.165) is 31.8 Å². The van der Waals surface area contributed by atoms with Crippen LogP contribution in [0.4, 0.5) is 0 Å². The highest BCUT2D eigenvalue weighted by molar-refractivity contribution is 5.81. The molecule has 1 aliphatic rings. The Balaban J connectivity index is 2.15. The van der Waals surface area contributed by atoms with Gasteiger partial charge in [0.15, 0.2) is 6.29 Å². The third kappa shape index (κ3) is 7.79. The monoisotopic (exact) mass is 375 g/mol. The van der Waals surface area contributed by atoms with Crippen LogP contribution in [0.15, 0.2) is 12.7 Å². The number of hydrogen-bond acceptors (Lipinski definition) is 8. The molecule has 150 valence electrons. The summed E-state index contributed by atoms with van der Waals surface area (Å²) in [5.41, 5.74) is 0. The number of amides is 1. The Morgan fingerprint density at radius 3 is 2.38 bits per heavy atom. The molecule has 4 N–H and O–H groups in total. The van der Waals surface area contributed by atoms with Crippen LogP contribution in [0.1, 0.15) is 32.6 Å². The standard InChI is InChI=1S/C17H29NO8/c1-3-13(20)25-9-7-5-4-6-8-24-10-12-15(21)16(22)14(17(23)26-12)18-11(2)19/h3,12,14-17,21-23H,1,4-10H2,2H3,(H,18,19)/t12-,14-,15-,16-,17-/m1/s1. The van der Waals surface area contributed by atoms with Crippen LogP contribution in [-0.2, 0) is 23.8 Å². The number of nitrogens with one attached hydrogen (secondary N) is 1. The first-order valence-electron chi connectivity index (χ1n) is 8.70. The van der Waals surface area contributed by atoms with E-state index in [2.05, 4.69) is 11.9 Å². The number of carbonyl (C=O) groups excluding carboxylic acids is 2. The fraction of sp³-hybridized carbons (Fsp3) is 0.765. The van der Waals surface area contributed by atoms with E-state index >= 15 is 0 Å². The van der Waals surface area contributed by atoms with Crippen LogP contribution in [0.5, 0.6) is 0 Å². The Kier molecular flexibility index (Phi) is 10.4. The smallest absolute Gasteiger partial charge is 0.330 e. The summed E-state index contributed by atoms with van der Waals surface area (Å²) in [7, 11) is 0. The lowest BCUT2D eigenvalue weighted by Crippen LogP contribution is -2.64. The van der Waals surface area contributed by atoms with Crippen molar-refractivity contribution in [2.24, 2.45) is 0 Å². The molecule has 9 nitrogen and oxygen atoms in total. The summed E-state index contributed by atoms with van der Waals surface area (Å²) < 4.78 is 15.5. The third-order valence-corrected chi connectivity index (χ3v) is 3.97. The van der Waals surface area contributed by atoms with Crippen molar-refractivity contribution in [3.8, 4) is 0 Å². The third-order valence-electron chi connectivity index (χ3n) is 3.97. The van der Waals surface area contributed by atoms with Crippen molar-refractivity contribution in [1.82, 2.24) is 5.32 Å². The average molecular weight is 375 g/mol. The van der Waals surface area contributed by atoms with E-state index in [-0.39, 0.29) is 6.61 Å². The van der Waals surface area contributed by atoms with Crippen molar-refractivity contribution < 1.29 is 39.1 Å². The van der Waals surface area contributed by atoms with Crippen LogP contribution in [0.3, 0.4) is 0 Å². The maximum atomic E-state index is 11.1. The molecule has 1 aliphatic heterocycles. The lowest BCUT2D eigenvalue weighted by atomic mass is 9.97. The fourth-order valence-corrected chi connectivity index (χ4v) is 2.57. The minimum atomic E-state index is -1.43. The summed E-state index contributed by atoms with van der Waals surface area (Å²) in [6.45, 7) is 5.35. The van der Waals surface area contributed by atoms with Crippen molar-refractivity contribution in [3.05, 3.63) is 12.7 Å². The zero-order valence-corrected chi connectivity index (χ0v) is 15.0. The number of unbranched alkanes of at least 4 members (excludes halogenated alkanes) is 3. The number of esters is 1. The van der Waals surface area contributed by atoms with Crippen molar-refractivity contribution in [1.29, 1.82) is 0 Å². The Morgan fingerprint density at radius 1 is 1.12 bits per heavy atom. The molecular formula is C17H29NO8. The van der Waals surface area contributed by atoms with Gasteiger partial charge in [-0.2, -0.15) is 0 Å². The van der Waals surface area contributed by atoms with E-state index in [1.807, 2.05) is 0 Å². The largest absolute Gasteiger partial charge is 0.463 e. The van der Waals surface area contributed by atoms with Gasteiger partial charge in [-0.05, 0) is 19.3 Å². The Bertz CT molecular complexity index is 458. The number of ether oxygens (including phenoxy) is 3. The number of carbonyl (C=O) groups is 2. The molecule has 0 unspecified atom stereocenters. The zero-order valence-electron chi connectivity index (χ0n) is 15.0. The zero-order chi connectivity index (χ0) is 19.5. The van der Waals surface area contributed by atoms with Gasteiger partial charge in [0.2, 0.25) is 5.91 Å². The van der Waals surface area contributed by atoms with Gasteiger partial charge >= 0.3 is 5.97 Å². The molecule has 0 saturated carbocycles. The topological polar surface area (TPSA) is 135 Å². The van der Waals surface area contributed by atoms with Gasteiger partial charge in [-0.15, -0.1) is 0 Å². The molecule has 0 aromatic heterocycles. The summed E-state index contributed by atoms with van der Waals surface area (Å²) in [6.07, 6.45) is -0.522. The van der Waals surface area contributed by atoms with E-state index in [0.29, 0.717) is 13.2 Å². The van der Waals surface area contributed by atoms with Gasteiger partial charge in [0.25, 0.3) is 0 Å². The van der Waals surface area contributed by atoms with Crippen molar-refractivity contribution in [3.63, 3.8) is 0 Å². The second-order valence-corrected chi connectivity index (χ2v) is 6.13. The van der Waals surface area contributed by atoms with Gasteiger partial charge in [-0.3, -0.25) is 4.79 Å². The first kappa shape index (κ1) is 22.5. The highest BCUT2D eigenvalue weighted by Crippen LogP contribution is 2.20. The predicted molar refractivity (Wildman–Crippen MR) is 90.9 cm³/mol. The van der Waals surface area contributed by atoms with Crippen molar-refractivity contribution >= 4 is 11.9 Å². The van der Waals surface area contributed by atoms with Crippen molar-refractivity contribution in [2.45, 2.75) is 63.3 Å².